The molecule has 0 radical (unpaired) electrons. The van der Waals surface area contributed by atoms with Crippen LogP contribution in [0.3, 0.4) is 0 Å². The average molecular weight is 384 g/mol. The number of nitrogens with zero attached hydrogens (tertiary/aromatic N) is 2. The van der Waals surface area contributed by atoms with Crippen molar-refractivity contribution in [2.45, 2.75) is 12.8 Å². The zero-order valence-corrected chi connectivity index (χ0v) is 16.6. The van der Waals surface area contributed by atoms with Gasteiger partial charge in [-0.05, 0) is 48.6 Å². The summed E-state index contributed by atoms with van der Waals surface area (Å²) < 4.78 is 18.6. The number of halogens is 1. The number of hydrogen-bond acceptors (Lipinski definition) is 3. The lowest BCUT2D eigenvalue weighted by molar-refractivity contribution is 0.415. The van der Waals surface area contributed by atoms with Gasteiger partial charge in [-0.1, -0.05) is 18.2 Å². The van der Waals surface area contributed by atoms with E-state index in [1.54, 1.807) is 26.3 Å². The smallest absolute Gasteiger partial charge is 0.190 e. The van der Waals surface area contributed by atoms with Crippen molar-refractivity contribution in [2.75, 3.05) is 45.2 Å². The molecule has 1 saturated heterocycles. The first-order valence-electron chi connectivity index (χ1n) is 9.76. The molecule has 6 heteroatoms. The van der Waals surface area contributed by atoms with Crippen LogP contribution in [0.1, 0.15) is 12.0 Å². The van der Waals surface area contributed by atoms with E-state index in [9.17, 15) is 4.39 Å². The van der Waals surface area contributed by atoms with Crippen LogP contribution in [0.4, 0.5) is 10.1 Å². The maximum absolute atomic E-state index is 13.2. The maximum atomic E-state index is 13.2. The first-order chi connectivity index (χ1) is 13.7. The molecule has 1 heterocycles. The molecule has 0 spiro atoms. The van der Waals surface area contributed by atoms with E-state index in [0.29, 0.717) is 12.5 Å². The SMILES string of the molecule is CN=C(NCCc1cccc(F)c1)NCC1CCN(c2cccc(OC)c2)C1. The first kappa shape index (κ1) is 20.0. The summed E-state index contributed by atoms with van der Waals surface area (Å²) in [5.74, 6) is 2.05. The summed E-state index contributed by atoms with van der Waals surface area (Å²) in [7, 11) is 3.47. The monoisotopic (exact) mass is 384 g/mol. The lowest BCUT2D eigenvalue weighted by atomic mass is 10.1. The van der Waals surface area contributed by atoms with E-state index in [4.69, 9.17) is 4.74 Å². The normalized spacial score (nSPS) is 16.9. The van der Waals surface area contributed by atoms with Gasteiger partial charge in [0.25, 0.3) is 0 Å². The third-order valence-electron chi connectivity index (χ3n) is 5.08. The molecular formula is C22H29FN4O. The van der Waals surface area contributed by atoms with Gasteiger partial charge in [0.15, 0.2) is 5.96 Å². The van der Waals surface area contributed by atoms with Gasteiger partial charge in [-0.2, -0.15) is 0 Å². The highest BCUT2D eigenvalue weighted by Crippen LogP contribution is 2.26. The lowest BCUT2D eigenvalue weighted by Gasteiger charge is -2.20. The molecule has 3 rings (SSSR count). The largest absolute Gasteiger partial charge is 0.497 e. The summed E-state index contributed by atoms with van der Waals surface area (Å²) in [6, 6.07) is 14.9. The van der Waals surface area contributed by atoms with Crippen molar-refractivity contribution < 1.29 is 9.13 Å². The Kier molecular flexibility index (Phi) is 7.12. The van der Waals surface area contributed by atoms with Crippen LogP contribution in [0.15, 0.2) is 53.5 Å². The van der Waals surface area contributed by atoms with Gasteiger partial charge in [-0.3, -0.25) is 4.99 Å². The predicted octanol–water partition coefficient (Wildman–Crippen LogP) is 3.07. The molecule has 0 aliphatic carbocycles. The zero-order chi connectivity index (χ0) is 19.8. The van der Waals surface area contributed by atoms with Crippen molar-refractivity contribution >= 4 is 11.6 Å². The van der Waals surface area contributed by atoms with Crippen molar-refractivity contribution in [1.29, 1.82) is 0 Å². The van der Waals surface area contributed by atoms with Crippen LogP contribution in [0.5, 0.6) is 5.75 Å². The Labute approximate surface area is 166 Å². The van der Waals surface area contributed by atoms with Crippen LogP contribution < -0.4 is 20.3 Å². The third-order valence-corrected chi connectivity index (χ3v) is 5.08. The minimum absolute atomic E-state index is 0.193. The highest BCUT2D eigenvalue weighted by atomic mass is 19.1. The number of nitrogens with one attached hydrogen (secondary N) is 2. The van der Waals surface area contributed by atoms with Crippen LogP contribution in [0.2, 0.25) is 0 Å². The molecule has 28 heavy (non-hydrogen) atoms. The second-order valence-corrected chi connectivity index (χ2v) is 7.06. The van der Waals surface area contributed by atoms with E-state index < -0.39 is 0 Å². The van der Waals surface area contributed by atoms with E-state index in [2.05, 4.69) is 32.7 Å². The maximum Gasteiger partial charge on any atom is 0.190 e. The van der Waals surface area contributed by atoms with Crippen molar-refractivity contribution in [3.8, 4) is 5.75 Å². The predicted molar refractivity (Wildman–Crippen MR) is 113 cm³/mol. The molecule has 1 fully saturated rings. The lowest BCUT2D eigenvalue weighted by Crippen LogP contribution is -2.41. The molecule has 0 bridgehead atoms. The summed E-state index contributed by atoms with van der Waals surface area (Å²) >= 11 is 0. The molecule has 150 valence electrons. The Morgan fingerprint density at radius 1 is 1.21 bits per heavy atom. The van der Waals surface area contributed by atoms with Gasteiger partial charge in [0.1, 0.15) is 11.6 Å². The summed E-state index contributed by atoms with van der Waals surface area (Å²) in [4.78, 5) is 6.69. The van der Waals surface area contributed by atoms with Crippen LogP contribution in [-0.2, 0) is 6.42 Å². The zero-order valence-electron chi connectivity index (χ0n) is 16.6. The second kappa shape index (κ2) is 9.97. The molecular weight excluding hydrogens is 355 g/mol. The molecule has 2 aromatic carbocycles. The summed E-state index contributed by atoms with van der Waals surface area (Å²) in [5.41, 5.74) is 2.19. The number of benzene rings is 2. The van der Waals surface area contributed by atoms with Crippen molar-refractivity contribution in [2.24, 2.45) is 10.9 Å². The Morgan fingerprint density at radius 3 is 2.86 bits per heavy atom. The van der Waals surface area contributed by atoms with Gasteiger partial charge >= 0.3 is 0 Å². The Balaban J connectivity index is 1.41. The summed E-state index contributed by atoms with van der Waals surface area (Å²) in [5, 5.41) is 6.72. The van der Waals surface area contributed by atoms with E-state index >= 15 is 0 Å². The van der Waals surface area contributed by atoms with Gasteiger partial charge in [-0.25, -0.2) is 4.39 Å². The number of hydrogen-bond donors (Lipinski definition) is 2. The molecule has 0 aromatic heterocycles. The fourth-order valence-corrected chi connectivity index (χ4v) is 3.52. The number of aliphatic imine (C=N–C) groups is 1. The molecule has 2 N–H and O–H groups in total. The molecule has 5 nitrogen and oxygen atoms in total. The number of guanidine groups is 1. The molecule has 0 saturated carbocycles. The van der Waals surface area contributed by atoms with Crippen LogP contribution in [0, 0.1) is 11.7 Å². The highest BCUT2D eigenvalue weighted by Gasteiger charge is 2.23. The van der Waals surface area contributed by atoms with Crippen LogP contribution in [-0.4, -0.2) is 46.3 Å². The van der Waals surface area contributed by atoms with Crippen LogP contribution in [0.25, 0.3) is 0 Å². The van der Waals surface area contributed by atoms with Crippen LogP contribution >= 0.6 is 0 Å². The quantitative estimate of drug-likeness (QED) is 0.569. The van der Waals surface area contributed by atoms with E-state index in [1.165, 1.54) is 11.8 Å². The second-order valence-electron chi connectivity index (χ2n) is 7.06. The van der Waals surface area contributed by atoms with Gasteiger partial charge < -0.3 is 20.3 Å². The number of anilines is 1. The highest BCUT2D eigenvalue weighted by molar-refractivity contribution is 5.79. The molecule has 0 amide bonds. The molecule has 1 aliphatic rings. The number of methoxy groups -OCH3 is 1. The molecule has 1 atom stereocenters. The summed E-state index contributed by atoms with van der Waals surface area (Å²) in [6.45, 7) is 3.65. The minimum Gasteiger partial charge on any atom is -0.497 e. The minimum atomic E-state index is -0.193. The molecule has 1 aliphatic heterocycles. The average Bonchev–Trinajstić information content (AvgIpc) is 3.20. The van der Waals surface area contributed by atoms with Gasteiger partial charge in [0.2, 0.25) is 0 Å². The first-order valence-corrected chi connectivity index (χ1v) is 9.76. The van der Waals surface area contributed by atoms with E-state index in [1.807, 2.05) is 18.2 Å². The van der Waals surface area contributed by atoms with E-state index in [-0.39, 0.29) is 5.82 Å². The van der Waals surface area contributed by atoms with Crippen molar-refractivity contribution in [3.05, 3.63) is 59.9 Å². The molecule has 2 aromatic rings. The Bertz CT molecular complexity index is 796. The summed E-state index contributed by atoms with van der Waals surface area (Å²) in [6.07, 6.45) is 1.90. The fourth-order valence-electron chi connectivity index (χ4n) is 3.52. The standard InChI is InChI=1S/C22H29FN4O/c1-24-22(25-11-9-17-5-3-6-19(23)13-17)26-15-18-10-12-27(16-18)20-7-4-8-21(14-20)28-2/h3-8,13-14,18H,9-12,15-16H2,1-2H3,(H2,24,25,26). The van der Waals surface area contributed by atoms with Crippen molar-refractivity contribution in [3.63, 3.8) is 0 Å². The van der Waals surface area contributed by atoms with Gasteiger partial charge in [-0.15, -0.1) is 0 Å². The number of rotatable bonds is 7. The van der Waals surface area contributed by atoms with Crippen molar-refractivity contribution in [1.82, 2.24) is 10.6 Å². The third kappa shape index (κ3) is 5.62. The van der Waals surface area contributed by atoms with Gasteiger partial charge in [0.05, 0.1) is 7.11 Å². The number of ether oxygens (including phenoxy) is 1. The molecule has 1 unspecified atom stereocenters. The fraction of sp³-hybridized carbons (Fsp3) is 0.409. The topological polar surface area (TPSA) is 48.9 Å². The Morgan fingerprint density at radius 2 is 2.07 bits per heavy atom. The van der Waals surface area contributed by atoms with Gasteiger partial charge in [0, 0.05) is 45.0 Å². The Hall–Kier alpha value is -2.76. The van der Waals surface area contributed by atoms with E-state index in [0.717, 1.165) is 49.7 Å².